The Bertz CT molecular complexity index is 937. The normalized spacial score (nSPS) is 17.5. The lowest BCUT2D eigenvalue weighted by atomic mass is 10.1. The molecular formula is C19H26N4O3S. The molecule has 2 aromatic rings. The molecule has 0 bridgehead atoms. The number of hydrogen-bond donors (Lipinski definition) is 2. The Hall–Kier alpha value is -2.03. The van der Waals surface area contributed by atoms with Gasteiger partial charge in [-0.2, -0.15) is 0 Å². The van der Waals surface area contributed by atoms with Gasteiger partial charge in [0, 0.05) is 25.3 Å². The third-order valence-corrected chi connectivity index (χ3v) is 5.49. The smallest absolute Gasteiger partial charge is 0.262 e. The predicted molar refractivity (Wildman–Crippen MR) is 108 cm³/mol. The first kappa shape index (κ1) is 19.7. The van der Waals surface area contributed by atoms with Crippen LogP contribution in [0.4, 0.5) is 0 Å². The molecule has 27 heavy (non-hydrogen) atoms. The summed E-state index contributed by atoms with van der Waals surface area (Å²) in [6.07, 6.45) is 2.29. The monoisotopic (exact) mass is 390 g/mol. The molecule has 1 aliphatic heterocycles. The number of ether oxygens (including phenoxy) is 1. The molecule has 0 aliphatic carbocycles. The number of carbonyl (C=O) groups is 1. The summed E-state index contributed by atoms with van der Waals surface area (Å²) in [5, 5.41) is 3.52. The van der Waals surface area contributed by atoms with E-state index in [1.807, 2.05) is 0 Å². The van der Waals surface area contributed by atoms with E-state index >= 15 is 0 Å². The highest BCUT2D eigenvalue weighted by Gasteiger charge is 2.23. The van der Waals surface area contributed by atoms with E-state index in [1.165, 1.54) is 11.0 Å². The fraction of sp³-hybridized carbons (Fsp3) is 0.526. The van der Waals surface area contributed by atoms with E-state index in [-0.39, 0.29) is 11.5 Å². The minimum atomic E-state index is -0.178. The average Bonchev–Trinajstić information content (AvgIpc) is 3.13. The van der Waals surface area contributed by atoms with Crippen LogP contribution >= 0.6 is 12.2 Å². The number of nitrogens with zero attached hydrogens (tertiary/aromatic N) is 2. The molecule has 1 atom stereocenters. The maximum atomic E-state index is 12.6. The Balaban J connectivity index is 1.79. The number of amides is 1. The van der Waals surface area contributed by atoms with E-state index in [2.05, 4.69) is 22.1 Å². The van der Waals surface area contributed by atoms with Crippen molar-refractivity contribution in [2.24, 2.45) is 0 Å². The summed E-state index contributed by atoms with van der Waals surface area (Å²) >= 11 is 5.29. The zero-order chi connectivity index (χ0) is 19.4. The van der Waals surface area contributed by atoms with E-state index in [0.29, 0.717) is 47.0 Å². The van der Waals surface area contributed by atoms with Crippen molar-refractivity contribution in [3.63, 3.8) is 0 Å². The van der Waals surface area contributed by atoms with Gasteiger partial charge in [0.1, 0.15) is 0 Å². The van der Waals surface area contributed by atoms with Crippen molar-refractivity contribution >= 4 is 29.0 Å². The van der Waals surface area contributed by atoms with Gasteiger partial charge in [-0.3, -0.25) is 19.1 Å². The Morgan fingerprint density at radius 1 is 1.44 bits per heavy atom. The van der Waals surface area contributed by atoms with Crippen LogP contribution in [-0.4, -0.2) is 59.8 Å². The van der Waals surface area contributed by atoms with Gasteiger partial charge in [-0.25, -0.2) is 0 Å². The topological polar surface area (TPSA) is 79.4 Å². The second-order valence-corrected chi connectivity index (χ2v) is 7.16. The number of aromatic nitrogens is 2. The van der Waals surface area contributed by atoms with E-state index in [1.54, 1.807) is 25.3 Å². The highest BCUT2D eigenvalue weighted by Crippen LogP contribution is 2.16. The molecule has 0 unspecified atom stereocenters. The molecule has 146 valence electrons. The van der Waals surface area contributed by atoms with Gasteiger partial charge < -0.3 is 15.0 Å². The Morgan fingerprint density at radius 3 is 3.00 bits per heavy atom. The molecule has 2 heterocycles. The van der Waals surface area contributed by atoms with Crippen LogP contribution in [-0.2, 0) is 11.3 Å². The highest BCUT2D eigenvalue weighted by molar-refractivity contribution is 7.71. The Morgan fingerprint density at radius 2 is 2.26 bits per heavy atom. The lowest BCUT2D eigenvalue weighted by Crippen LogP contribution is -2.40. The maximum absolute atomic E-state index is 12.6. The molecule has 8 heteroatoms. The van der Waals surface area contributed by atoms with Crippen molar-refractivity contribution in [3.8, 4) is 0 Å². The van der Waals surface area contributed by atoms with E-state index in [0.717, 1.165) is 19.5 Å². The van der Waals surface area contributed by atoms with Crippen LogP contribution in [0.15, 0.2) is 23.0 Å². The molecule has 0 spiro atoms. The molecule has 2 N–H and O–H groups in total. The van der Waals surface area contributed by atoms with Crippen molar-refractivity contribution < 1.29 is 9.53 Å². The number of fused-ring (bicyclic) bond motifs is 1. The number of carbonyl (C=O) groups excluding carboxylic acids is 1. The number of H-pyrrole nitrogens is 1. The third kappa shape index (κ3) is 4.28. The maximum Gasteiger partial charge on any atom is 0.262 e. The number of benzene rings is 1. The summed E-state index contributed by atoms with van der Waals surface area (Å²) in [7, 11) is 1.58. The number of nitrogens with one attached hydrogen (secondary N) is 2. The zero-order valence-corrected chi connectivity index (χ0v) is 16.6. The molecule has 3 rings (SSSR count). The Kier molecular flexibility index (Phi) is 6.41. The number of likely N-dealkylation sites (tertiary alicyclic amines) is 1. The summed E-state index contributed by atoms with van der Waals surface area (Å²) in [5.74, 6) is -0.136. The quantitative estimate of drug-likeness (QED) is 0.706. The van der Waals surface area contributed by atoms with Crippen LogP contribution < -0.4 is 10.9 Å². The van der Waals surface area contributed by atoms with Crippen molar-refractivity contribution in [2.75, 3.05) is 33.4 Å². The molecule has 1 aliphatic rings. The summed E-state index contributed by atoms with van der Waals surface area (Å²) < 4.78 is 6.82. The van der Waals surface area contributed by atoms with Gasteiger partial charge in [0.2, 0.25) is 0 Å². The van der Waals surface area contributed by atoms with Gasteiger partial charge in [0.05, 0.1) is 24.1 Å². The van der Waals surface area contributed by atoms with Crippen LogP contribution in [0.3, 0.4) is 0 Å². The zero-order valence-electron chi connectivity index (χ0n) is 15.8. The molecule has 1 saturated heterocycles. The minimum absolute atomic E-state index is 0.136. The van der Waals surface area contributed by atoms with Crippen molar-refractivity contribution in [2.45, 2.75) is 32.4 Å². The van der Waals surface area contributed by atoms with Crippen LogP contribution in [0.1, 0.15) is 30.1 Å². The van der Waals surface area contributed by atoms with E-state index in [4.69, 9.17) is 17.0 Å². The van der Waals surface area contributed by atoms with Gasteiger partial charge in [0.25, 0.3) is 11.5 Å². The summed E-state index contributed by atoms with van der Waals surface area (Å²) in [6, 6.07) is 5.45. The number of rotatable bonds is 7. The van der Waals surface area contributed by atoms with Crippen LogP contribution in [0, 0.1) is 4.77 Å². The number of methoxy groups -OCH3 is 1. The van der Waals surface area contributed by atoms with E-state index < -0.39 is 0 Å². The van der Waals surface area contributed by atoms with Gasteiger partial charge >= 0.3 is 0 Å². The minimum Gasteiger partial charge on any atom is -0.383 e. The molecule has 1 amide bonds. The first-order valence-corrected chi connectivity index (χ1v) is 9.74. The van der Waals surface area contributed by atoms with Crippen molar-refractivity contribution in [1.29, 1.82) is 0 Å². The van der Waals surface area contributed by atoms with Crippen LogP contribution in [0.25, 0.3) is 10.9 Å². The molecule has 0 saturated carbocycles. The molecule has 1 aromatic heterocycles. The first-order chi connectivity index (χ1) is 13.0. The molecule has 1 fully saturated rings. The fourth-order valence-electron chi connectivity index (χ4n) is 3.64. The summed E-state index contributed by atoms with van der Waals surface area (Å²) in [6.45, 7) is 5.67. The first-order valence-electron chi connectivity index (χ1n) is 9.33. The molecular weight excluding hydrogens is 364 g/mol. The standard InChI is InChI=1S/C19H26N4O3S/c1-3-22-8-4-5-14(22)12-20-17(24)13-6-7-15-16(11-13)21-19(27)23(18(15)25)9-10-26-2/h6-7,11,14H,3-5,8-10,12H2,1-2H3,(H,20,24)(H,21,27)/t14-/m1/s1. The van der Waals surface area contributed by atoms with Gasteiger partial charge in [-0.1, -0.05) is 6.92 Å². The third-order valence-electron chi connectivity index (χ3n) is 5.17. The summed E-state index contributed by atoms with van der Waals surface area (Å²) in [5.41, 5.74) is 0.910. The van der Waals surface area contributed by atoms with Gasteiger partial charge in [-0.05, 0) is 56.3 Å². The number of likely N-dealkylation sites (N-methyl/N-ethyl adjacent to an activating group) is 1. The van der Waals surface area contributed by atoms with Crippen molar-refractivity contribution in [1.82, 2.24) is 19.8 Å². The van der Waals surface area contributed by atoms with Crippen molar-refractivity contribution in [3.05, 3.63) is 38.9 Å². The lowest BCUT2D eigenvalue weighted by molar-refractivity contribution is 0.0941. The van der Waals surface area contributed by atoms with Crippen LogP contribution in [0.2, 0.25) is 0 Å². The molecule has 7 nitrogen and oxygen atoms in total. The Labute approximate surface area is 163 Å². The van der Waals surface area contributed by atoms with Crippen LogP contribution in [0.5, 0.6) is 0 Å². The van der Waals surface area contributed by atoms with E-state index in [9.17, 15) is 9.59 Å². The second kappa shape index (κ2) is 8.77. The number of aromatic amines is 1. The molecule has 0 radical (unpaired) electrons. The summed E-state index contributed by atoms with van der Waals surface area (Å²) in [4.78, 5) is 30.6. The predicted octanol–water partition coefficient (Wildman–Crippen LogP) is 1.92. The SMILES string of the molecule is CCN1CCC[C@@H]1CNC(=O)c1ccc2c(=O)n(CCOC)c(=S)[nH]c2c1. The lowest BCUT2D eigenvalue weighted by Gasteiger charge is -2.22. The highest BCUT2D eigenvalue weighted by atomic mass is 32.1. The number of hydrogen-bond acceptors (Lipinski definition) is 5. The fourth-order valence-corrected chi connectivity index (χ4v) is 3.92. The van der Waals surface area contributed by atoms with Gasteiger partial charge in [0.15, 0.2) is 4.77 Å². The molecule has 1 aromatic carbocycles. The second-order valence-electron chi connectivity index (χ2n) is 6.77. The largest absolute Gasteiger partial charge is 0.383 e. The average molecular weight is 391 g/mol. The van der Waals surface area contributed by atoms with Gasteiger partial charge in [-0.15, -0.1) is 0 Å².